The Kier molecular flexibility index (Phi) is 4.51. The summed E-state index contributed by atoms with van der Waals surface area (Å²) in [7, 11) is 0. The van der Waals surface area contributed by atoms with E-state index in [1.165, 1.54) is 0 Å². The number of halogens is 4. The predicted molar refractivity (Wildman–Crippen MR) is 70.0 cm³/mol. The first-order valence-electron chi connectivity index (χ1n) is 6.70. The molecular formula is C14H16F4N2O. The Balaban J connectivity index is 2.10. The molecule has 3 nitrogen and oxygen atoms in total. The third-order valence-electron chi connectivity index (χ3n) is 3.69. The zero-order valence-corrected chi connectivity index (χ0v) is 11.2. The van der Waals surface area contributed by atoms with Gasteiger partial charge in [0.1, 0.15) is 5.82 Å². The van der Waals surface area contributed by atoms with Gasteiger partial charge < -0.3 is 11.1 Å². The van der Waals surface area contributed by atoms with Gasteiger partial charge in [-0.25, -0.2) is 4.39 Å². The lowest BCUT2D eigenvalue weighted by molar-refractivity contribution is -0.137. The van der Waals surface area contributed by atoms with Crippen molar-refractivity contribution in [3.63, 3.8) is 0 Å². The van der Waals surface area contributed by atoms with E-state index in [0.29, 0.717) is 43.9 Å². The molecule has 7 heteroatoms. The molecule has 1 saturated carbocycles. The lowest BCUT2D eigenvalue weighted by Gasteiger charge is -2.25. The van der Waals surface area contributed by atoms with Gasteiger partial charge in [-0.15, -0.1) is 0 Å². The molecule has 0 spiro atoms. The molecular weight excluding hydrogens is 288 g/mol. The molecule has 116 valence electrons. The molecule has 3 N–H and O–H groups in total. The highest BCUT2D eigenvalue weighted by Gasteiger charge is 2.32. The fraction of sp³-hybridized carbons (Fsp3) is 0.500. The zero-order chi connectivity index (χ0) is 15.6. The maximum Gasteiger partial charge on any atom is 0.416 e. The average Bonchev–Trinajstić information content (AvgIpc) is 2.40. The first-order chi connectivity index (χ1) is 9.77. The van der Waals surface area contributed by atoms with E-state index in [0.717, 1.165) is 0 Å². The maximum absolute atomic E-state index is 13.5. The highest BCUT2D eigenvalue weighted by Crippen LogP contribution is 2.32. The van der Waals surface area contributed by atoms with Crippen LogP contribution in [-0.2, 0) is 11.0 Å². The van der Waals surface area contributed by atoms with Crippen LogP contribution in [0.15, 0.2) is 18.2 Å². The fourth-order valence-corrected chi connectivity index (χ4v) is 2.41. The molecule has 0 aliphatic heterocycles. The number of benzene rings is 1. The Morgan fingerprint density at radius 2 is 1.81 bits per heavy atom. The first-order valence-corrected chi connectivity index (χ1v) is 6.70. The monoisotopic (exact) mass is 304 g/mol. The van der Waals surface area contributed by atoms with E-state index in [1.807, 2.05) is 0 Å². The molecule has 1 aliphatic rings. The van der Waals surface area contributed by atoms with E-state index >= 15 is 0 Å². The van der Waals surface area contributed by atoms with Crippen molar-refractivity contribution in [1.29, 1.82) is 0 Å². The summed E-state index contributed by atoms with van der Waals surface area (Å²) in [6.07, 6.45) is -2.09. The molecule has 0 radical (unpaired) electrons. The van der Waals surface area contributed by atoms with Gasteiger partial charge in [-0.1, -0.05) is 0 Å². The molecule has 0 unspecified atom stereocenters. The molecule has 1 fully saturated rings. The summed E-state index contributed by atoms with van der Waals surface area (Å²) in [6.45, 7) is 0. The van der Waals surface area contributed by atoms with Gasteiger partial charge in [-0.2, -0.15) is 13.2 Å². The van der Waals surface area contributed by atoms with Crippen molar-refractivity contribution >= 4 is 11.6 Å². The molecule has 1 aromatic rings. The smallest absolute Gasteiger partial charge is 0.328 e. The fourth-order valence-electron chi connectivity index (χ4n) is 2.41. The summed E-state index contributed by atoms with van der Waals surface area (Å²) in [4.78, 5) is 12.0. The Labute approximate surface area is 119 Å². The summed E-state index contributed by atoms with van der Waals surface area (Å²) in [5.41, 5.74) is 4.29. The van der Waals surface area contributed by atoms with E-state index in [4.69, 9.17) is 5.73 Å². The minimum absolute atomic E-state index is 0.0549. The van der Waals surface area contributed by atoms with Crippen molar-refractivity contribution in [2.45, 2.75) is 37.9 Å². The van der Waals surface area contributed by atoms with Gasteiger partial charge in [0.05, 0.1) is 11.3 Å². The average molecular weight is 304 g/mol. The molecule has 2 rings (SSSR count). The number of hydrogen-bond donors (Lipinski definition) is 2. The molecule has 0 heterocycles. The molecule has 0 aromatic heterocycles. The molecule has 0 atom stereocenters. The van der Waals surface area contributed by atoms with Gasteiger partial charge in [0.2, 0.25) is 5.91 Å². The number of anilines is 1. The summed E-state index contributed by atoms with van der Waals surface area (Å²) < 4.78 is 51.3. The SMILES string of the molecule is NC1CCC(C(=O)Nc2cc(C(F)(F)F)ccc2F)CC1. The lowest BCUT2D eigenvalue weighted by atomic mass is 9.86. The second kappa shape index (κ2) is 6.01. The largest absolute Gasteiger partial charge is 0.416 e. The predicted octanol–water partition coefficient (Wildman–Crippen LogP) is 3.30. The van der Waals surface area contributed by atoms with Gasteiger partial charge in [0, 0.05) is 12.0 Å². The van der Waals surface area contributed by atoms with Crippen molar-refractivity contribution in [3.8, 4) is 0 Å². The van der Waals surface area contributed by atoms with Gasteiger partial charge >= 0.3 is 6.18 Å². The number of hydrogen-bond acceptors (Lipinski definition) is 2. The van der Waals surface area contributed by atoms with Crippen molar-refractivity contribution in [2.75, 3.05) is 5.32 Å². The van der Waals surface area contributed by atoms with E-state index < -0.39 is 29.2 Å². The van der Waals surface area contributed by atoms with Gasteiger partial charge in [0.25, 0.3) is 0 Å². The molecule has 1 aliphatic carbocycles. The number of rotatable bonds is 2. The normalized spacial score (nSPS) is 22.9. The van der Waals surface area contributed by atoms with Gasteiger partial charge in [0.15, 0.2) is 0 Å². The second-order valence-electron chi connectivity index (χ2n) is 5.29. The molecule has 0 bridgehead atoms. The molecule has 21 heavy (non-hydrogen) atoms. The van der Waals surface area contributed by atoms with Crippen LogP contribution in [0.4, 0.5) is 23.2 Å². The number of amides is 1. The number of nitrogens with two attached hydrogens (primary N) is 1. The minimum atomic E-state index is -4.58. The highest BCUT2D eigenvalue weighted by atomic mass is 19.4. The van der Waals surface area contributed by atoms with E-state index in [1.54, 1.807) is 0 Å². The maximum atomic E-state index is 13.5. The molecule has 1 aromatic carbocycles. The van der Waals surface area contributed by atoms with Crippen LogP contribution < -0.4 is 11.1 Å². The van der Waals surface area contributed by atoms with Crippen molar-refractivity contribution < 1.29 is 22.4 Å². The lowest BCUT2D eigenvalue weighted by Crippen LogP contribution is -2.32. The van der Waals surface area contributed by atoms with Crippen molar-refractivity contribution in [1.82, 2.24) is 0 Å². The Morgan fingerprint density at radius 3 is 2.38 bits per heavy atom. The van der Waals surface area contributed by atoms with Crippen molar-refractivity contribution in [2.24, 2.45) is 11.7 Å². The topological polar surface area (TPSA) is 55.1 Å². The van der Waals surface area contributed by atoms with Crippen LogP contribution in [-0.4, -0.2) is 11.9 Å². The Hall–Kier alpha value is -1.63. The van der Waals surface area contributed by atoms with E-state index in [-0.39, 0.29) is 12.0 Å². The number of nitrogens with one attached hydrogen (secondary N) is 1. The number of alkyl halides is 3. The van der Waals surface area contributed by atoms with E-state index in [2.05, 4.69) is 5.32 Å². The van der Waals surface area contributed by atoms with Crippen LogP contribution in [0.1, 0.15) is 31.2 Å². The highest BCUT2D eigenvalue weighted by molar-refractivity contribution is 5.92. The standard InChI is InChI=1S/C14H16F4N2O/c15-11-6-3-9(14(16,17)18)7-12(11)20-13(21)8-1-4-10(19)5-2-8/h3,6-8,10H,1-2,4-5,19H2,(H,20,21). The second-order valence-corrected chi connectivity index (χ2v) is 5.29. The molecule has 0 saturated heterocycles. The Morgan fingerprint density at radius 1 is 1.19 bits per heavy atom. The van der Waals surface area contributed by atoms with Crippen LogP contribution in [0.3, 0.4) is 0 Å². The Bertz CT molecular complexity index is 522. The number of carbonyl (C=O) groups excluding carboxylic acids is 1. The van der Waals surface area contributed by atoms with E-state index in [9.17, 15) is 22.4 Å². The third kappa shape index (κ3) is 3.93. The van der Waals surface area contributed by atoms with Gasteiger partial charge in [-0.05, 0) is 43.9 Å². The number of carbonyl (C=O) groups is 1. The third-order valence-corrected chi connectivity index (χ3v) is 3.69. The quantitative estimate of drug-likeness (QED) is 0.824. The minimum Gasteiger partial charge on any atom is -0.328 e. The van der Waals surface area contributed by atoms with Crippen LogP contribution >= 0.6 is 0 Å². The summed E-state index contributed by atoms with van der Waals surface area (Å²) in [5, 5.41) is 2.25. The van der Waals surface area contributed by atoms with Crippen LogP contribution in [0.25, 0.3) is 0 Å². The van der Waals surface area contributed by atoms with Crippen LogP contribution in [0, 0.1) is 11.7 Å². The van der Waals surface area contributed by atoms with Crippen molar-refractivity contribution in [3.05, 3.63) is 29.6 Å². The molecule has 1 amide bonds. The first kappa shape index (κ1) is 15.8. The van der Waals surface area contributed by atoms with Gasteiger partial charge in [-0.3, -0.25) is 4.79 Å². The van der Waals surface area contributed by atoms with Crippen LogP contribution in [0.5, 0.6) is 0 Å². The summed E-state index contributed by atoms with van der Waals surface area (Å²) in [6, 6.07) is 2.01. The zero-order valence-electron chi connectivity index (χ0n) is 11.2. The summed E-state index contributed by atoms with van der Waals surface area (Å²) >= 11 is 0. The summed E-state index contributed by atoms with van der Waals surface area (Å²) in [5.74, 6) is -1.68. The van der Waals surface area contributed by atoms with Crippen LogP contribution in [0.2, 0.25) is 0 Å².